The molecule has 6 nitrogen and oxygen atoms in total. The number of benzene rings is 2. The van der Waals surface area contributed by atoms with E-state index in [1.54, 1.807) is 39.5 Å². The van der Waals surface area contributed by atoms with Gasteiger partial charge in [-0.1, -0.05) is 12.1 Å². The van der Waals surface area contributed by atoms with Gasteiger partial charge in [-0.15, -0.1) is 0 Å². The maximum atomic E-state index is 12.7. The summed E-state index contributed by atoms with van der Waals surface area (Å²) in [7, 11) is 8.70. The van der Waals surface area contributed by atoms with E-state index in [9.17, 15) is 4.79 Å². The van der Waals surface area contributed by atoms with Gasteiger partial charge in [0.05, 0.1) is 32.9 Å². The largest absolute Gasteiger partial charge is 0.497 e. The third-order valence-corrected chi connectivity index (χ3v) is 4.23. The third-order valence-electron chi connectivity index (χ3n) is 4.23. The van der Waals surface area contributed by atoms with Gasteiger partial charge in [-0.25, -0.2) is 0 Å². The quantitative estimate of drug-likeness (QED) is 0.786. The van der Waals surface area contributed by atoms with Crippen LogP contribution in [-0.4, -0.2) is 52.8 Å². The molecule has 6 heteroatoms. The van der Waals surface area contributed by atoms with Crippen LogP contribution in [-0.2, 0) is 0 Å². The minimum atomic E-state index is -0.207. The lowest BCUT2D eigenvalue weighted by molar-refractivity contribution is 0.0938. The van der Waals surface area contributed by atoms with E-state index in [-0.39, 0.29) is 11.9 Å². The van der Waals surface area contributed by atoms with Crippen LogP contribution in [0.4, 0.5) is 0 Å². The Balaban J connectivity index is 2.14. The van der Waals surface area contributed by atoms with Crippen molar-refractivity contribution in [1.29, 1.82) is 0 Å². The second-order valence-electron chi connectivity index (χ2n) is 6.03. The first-order chi connectivity index (χ1) is 12.5. The van der Waals surface area contributed by atoms with Gasteiger partial charge in [-0.05, 0) is 50.0 Å². The van der Waals surface area contributed by atoms with E-state index in [1.807, 2.05) is 38.4 Å². The van der Waals surface area contributed by atoms with Gasteiger partial charge in [0.2, 0.25) is 0 Å². The standard InChI is InChI=1S/C20H26N2O4/c1-22(2)18(14-6-8-15(24-3)9-7-14)13-21-20(23)17-12-16(25-4)10-11-19(17)26-5/h6-12,18H,13H2,1-5H3,(H,21,23). The van der Waals surface area contributed by atoms with Gasteiger partial charge in [0.1, 0.15) is 17.2 Å². The molecule has 26 heavy (non-hydrogen) atoms. The molecule has 0 bridgehead atoms. The number of carbonyl (C=O) groups excluding carboxylic acids is 1. The summed E-state index contributed by atoms with van der Waals surface area (Å²) >= 11 is 0. The SMILES string of the molecule is COc1ccc(C(CNC(=O)c2cc(OC)ccc2OC)N(C)C)cc1. The van der Waals surface area contributed by atoms with Crippen molar-refractivity contribution in [3.05, 3.63) is 53.6 Å². The van der Waals surface area contributed by atoms with Crippen molar-refractivity contribution in [2.45, 2.75) is 6.04 Å². The summed E-state index contributed by atoms with van der Waals surface area (Å²) in [4.78, 5) is 14.7. The Hall–Kier alpha value is -2.73. The highest BCUT2D eigenvalue weighted by Gasteiger charge is 2.18. The number of hydrogen-bond donors (Lipinski definition) is 1. The molecule has 1 unspecified atom stereocenters. The lowest BCUT2D eigenvalue weighted by Crippen LogP contribution is -2.34. The summed E-state index contributed by atoms with van der Waals surface area (Å²) < 4.78 is 15.7. The van der Waals surface area contributed by atoms with Gasteiger partial charge in [0.15, 0.2) is 0 Å². The summed E-state index contributed by atoms with van der Waals surface area (Å²) in [5, 5.41) is 2.99. The molecule has 1 amide bonds. The zero-order valence-electron chi connectivity index (χ0n) is 15.9. The first-order valence-electron chi connectivity index (χ1n) is 8.30. The highest BCUT2D eigenvalue weighted by molar-refractivity contribution is 5.97. The molecule has 0 heterocycles. The van der Waals surface area contributed by atoms with E-state index in [1.165, 1.54) is 0 Å². The number of amides is 1. The predicted octanol–water partition coefficient (Wildman–Crippen LogP) is 2.75. The summed E-state index contributed by atoms with van der Waals surface area (Å²) in [5.41, 5.74) is 1.53. The molecule has 140 valence electrons. The fourth-order valence-electron chi connectivity index (χ4n) is 2.70. The van der Waals surface area contributed by atoms with E-state index in [0.29, 0.717) is 23.6 Å². The van der Waals surface area contributed by atoms with Crippen LogP contribution >= 0.6 is 0 Å². The Bertz CT molecular complexity index is 729. The number of ether oxygens (including phenoxy) is 3. The second kappa shape index (κ2) is 9.10. The van der Waals surface area contributed by atoms with E-state index < -0.39 is 0 Å². The number of carbonyl (C=O) groups is 1. The van der Waals surface area contributed by atoms with Crippen LogP contribution in [0.2, 0.25) is 0 Å². The van der Waals surface area contributed by atoms with Crippen molar-refractivity contribution in [2.24, 2.45) is 0 Å². The number of nitrogens with zero attached hydrogens (tertiary/aromatic N) is 1. The van der Waals surface area contributed by atoms with E-state index in [0.717, 1.165) is 11.3 Å². The summed E-state index contributed by atoms with van der Waals surface area (Å²) in [6.07, 6.45) is 0. The molecule has 0 fully saturated rings. The van der Waals surface area contributed by atoms with Gasteiger partial charge >= 0.3 is 0 Å². The number of likely N-dealkylation sites (N-methyl/N-ethyl adjacent to an activating group) is 1. The van der Waals surface area contributed by atoms with Crippen LogP contribution in [0, 0.1) is 0 Å². The smallest absolute Gasteiger partial charge is 0.255 e. The van der Waals surface area contributed by atoms with Crippen LogP contribution in [0.5, 0.6) is 17.2 Å². The summed E-state index contributed by atoms with van der Waals surface area (Å²) in [6.45, 7) is 0.457. The Kier molecular flexibility index (Phi) is 6.86. The van der Waals surface area contributed by atoms with Crippen molar-refractivity contribution in [3.63, 3.8) is 0 Å². The first kappa shape index (κ1) is 19.6. The molecule has 0 aliphatic rings. The van der Waals surface area contributed by atoms with Crippen molar-refractivity contribution in [2.75, 3.05) is 42.0 Å². The van der Waals surface area contributed by atoms with Crippen LogP contribution < -0.4 is 19.5 Å². The van der Waals surface area contributed by atoms with E-state index >= 15 is 0 Å². The van der Waals surface area contributed by atoms with Gasteiger partial charge < -0.3 is 24.4 Å². The number of methoxy groups -OCH3 is 3. The fourth-order valence-corrected chi connectivity index (χ4v) is 2.70. The molecule has 1 N–H and O–H groups in total. The normalized spacial score (nSPS) is 11.8. The van der Waals surface area contributed by atoms with Crippen molar-refractivity contribution < 1.29 is 19.0 Å². The number of hydrogen-bond acceptors (Lipinski definition) is 5. The average Bonchev–Trinajstić information content (AvgIpc) is 2.67. The van der Waals surface area contributed by atoms with Crippen molar-refractivity contribution in [3.8, 4) is 17.2 Å². The van der Waals surface area contributed by atoms with Crippen LogP contribution in [0.3, 0.4) is 0 Å². The molecule has 0 aromatic heterocycles. The minimum absolute atomic E-state index is 0.0291. The molecular formula is C20H26N2O4. The molecule has 1 atom stereocenters. The maximum absolute atomic E-state index is 12.7. The highest BCUT2D eigenvalue weighted by Crippen LogP contribution is 2.25. The zero-order chi connectivity index (χ0) is 19.1. The Morgan fingerprint density at radius 2 is 1.58 bits per heavy atom. The van der Waals surface area contributed by atoms with Crippen LogP contribution in [0.25, 0.3) is 0 Å². The first-order valence-corrected chi connectivity index (χ1v) is 8.30. The Morgan fingerprint density at radius 3 is 2.12 bits per heavy atom. The van der Waals surface area contributed by atoms with Crippen molar-refractivity contribution >= 4 is 5.91 Å². The van der Waals surface area contributed by atoms with Crippen molar-refractivity contribution in [1.82, 2.24) is 10.2 Å². The molecule has 0 aliphatic heterocycles. The second-order valence-corrected chi connectivity index (χ2v) is 6.03. The molecule has 0 spiro atoms. The number of nitrogens with one attached hydrogen (secondary N) is 1. The highest BCUT2D eigenvalue weighted by atomic mass is 16.5. The van der Waals surface area contributed by atoms with E-state index in [4.69, 9.17) is 14.2 Å². The molecule has 2 aromatic rings. The molecule has 0 saturated carbocycles. The minimum Gasteiger partial charge on any atom is -0.497 e. The topological polar surface area (TPSA) is 60.0 Å². The summed E-state index contributed by atoms with van der Waals surface area (Å²) in [6, 6.07) is 13.0. The number of rotatable bonds is 8. The monoisotopic (exact) mass is 358 g/mol. The van der Waals surface area contributed by atoms with Gasteiger partial charge in [0, 0.05) is 6.54 Å². The Labute approximate surface area is 154 Å². The molecular weight excluding hydrogens is 332 g/mol. The average molecular weight is 358 g/mol. The third kappa shape index (κ3) is 4.67. The van der Waals surface area contributed by atoms with Crippen LogP contribution in [0.15, 0.2) is 42.5 Å². The van der Waals surface area contributed by atoms with E-state index in [2.05, 4.69) is 10.2 Å². The van der Waals surface area contributed by atoms with Crippen LogP contribution in [0.1, 0.15) is 22.0 Å². The predicted molar refractivity (Wildman–Crippen MR) is 101 cm³/mol. The molecule has 0 radical (unpaired) electrons. The molecule has 2 aromatic carbocycles. The fraction of sp³-hybridized carbons (Fsp3) is 0.350. The molecule has 0 saturated heterocycles. The maximum Gasteiger partial charge on any atom is 0.255 e. The molecule has 0 aliphatic carbocycles. The zero-order valence-corrected chi connectivity index (χ0v) is 15.9. The van der Waals surface area contributed by atoms with Gasteiger partial charge in [0.25, 0.3) is 5.91 Å². The lowest BCUT2D eigenvalue weighted by atomic mass is 10.1. The lowest BCUT2D eigenvalue weighted by Gasteiger charge is -2.25. The Morgan fingerprint density at radius 1 is 0.962 bits per heavy atom. The summed E-state index contributed by atoms with van der Waals surface area (Å²) in [5.74, 6) is 1.71. The molecule has 2 rings (SSSR count). The van der Waals surface area contributed by atoms with Gasteiger partial charge in [-0.2, -0.15) is 0 Å². The van der Waals surface area contributed by atoms with Gasteiger partial charge in [-0.3, -0.25) is 4.79 Å².